The summed E-state index contributed by atoms with van der Waals surface area (Å²) in [5.74, 6) is -0.145. The third-order valence-electron chi connectivity index (χ3n) is 3.46. The van der Waals surface area contributed by atoms with Crippen molar-refractivity contribution in [3.63, 3.8) is 0 Å². The van der Waals surface area contributed by atoms with Crippen LogP contribution in [-0.4, -0.2) is 69.2 Å². The first kappa shape index (κ1) is 20.8. The molecule has 0 aliphatic carbocycles. The summed E-state index contributed by atoms with van der Waals surface area (Å²) in [5, 5.41) is 16.3. The van der Waals surface area contributed by atoms with E-state index in [4.69, 9.17) is 15.2 Å². The molecule has 0 radical (unpaired) electrons. The summed E-state index contributed by atoms with van der Waals surface area (Å²) in [6.45, 7) is 2.25. The molecule has 1 aliphatic heterocycles. The number of hydrogen-bond donors (Lipinski definition) is 2. The highest BCUT2D eigenvalue weighted by molar-refractivity contribution is 8.13. The SMILES string of the molecule is CC(=O)SCCC(=O)N1CCC[C@H]1C(=O)OCCCCON(O)O. The van der Waals surface area contributed by atoms with Crippen molar-refractivity contribution in [1.29, 1.82) is 0 Å². The summed E-state index contributed by atoms with van der Waals surface area (Å²) < 4.78 is 5.17. The highest BCUT2D eigenvalue weighted by Crippen LogP contribution is 2.20. The van der Waals surface area contributed by atoms with Gasteiger partial charge in [-0.1, -0.05) is 11.8 Å². The minimum absolute atomic E-state index is 0.0327. The van der Waals surface area contributed by atoms with Crippen LogP contribution in [0.3, 0.4) is 0 Å². The third-order valence-corrected chi connectivity index (χ3v) is 4.27. The van der Waals surface area contributed by atoms with Crippen molar-refractivity contribution < 1.29 is 34.4 Å². The lowest BCUT2D eigenvalue weighted by Gasteiger charge is -2.23. The van der Waals surface area contributed by atoms with Gasteiger partial charge in [-0.05, 0) is 25.7 Å². The van der Waals surface area contributed by atoms with Crippen molar-refractivity contribution >= 4 is 28.8 Å². The zero-order valence-corrected chi connectivity index (χ0v) is 14.5. The second kappa shape index (κ2) is 11.4. The maximum absolute atomic E-state index is 12.1. The van der Waals surface area contributed by atoms with Crippen LogP contribution in [0.25, 0.3) is 0 Å². The van der Waals surface area contributed by atoms with Crippen molar-refractivity contribution in [1.82, 2.24) is 10.3 Å². The van der Waals surface area contributed by atoms with Crippen LogP contribution in [0.4, 0.5) is 0 Å². The van der Waals surface area contributed by atoms with Gasteiger partial charge in [-0.25, -0.2) is 4.79 Å². The molecule has 0 aromatic carbocycles. The minimum atomic E-state index is -0.554. The number of likely N-dealkylation sites (tertiary alicyclic amines) is 1. The minimum Gasteiger partial charge on any atom is -0.464 e. The molecule has 1 amide bonds. The van der Waals surface area contributed by atoms with E-state index >= 15 is 0 Å². The molecule has 1 saturated heterocycles. The lowest BCUT2D eigenvalue weighted by atomic mass is 10.2. The zero-order valence-electron chi connectivity index (χ0n) is 13.7. The maximum atomic E-state index is 12.1. The third kappa shape index (κ3) is 8.06. The Morgan fingerprint density at radius 2 is 1.96 bits per heavy atom. The Morgan fingerprint density at radius 1 is 1.25 bits per heavy atom. The number of hydrogen-bond acceptors (Lipinski definition) is 9. The normalized spacial score (nSPS) is 17.3. The second-order valence-corrected chi connectivity index (χ2v) is 6.57. The molecule has 1 aliphatic rings. The van der Waals surface area contributed by atoms with Crippen molar-refractivity contribution in [2.24, 2.45) is 0 Å². The van der Waals surface area contributed by atoms with E-state index in [0.29, 0.717) is 31.6 Å². The number of carbonyl (C=O) groups is 3. The molecule has 0 bridgehead atoms. The molecule has 0 aromatic heterocycles. The maximum Gasteiger partial charge on any atom is 0.328 e. The lowest BCUT2D eigenvalue weighted by Crippen LogP contribution is -2.41. The topological polar surface area (TPSA) is 117 Å². The predicted molar refractivity (Wildman–Crippen MR) is 84.0 cm³/mol. The molecule has 0 aromatic rings. The van der Waals surface area contributed by atoms with Gasteiger partial charge in [0.25, 0.3) is 0 Å². The van der Waals surface area contributed by atoms with E-state index in [1.165, 1.54) is 11.8 Å². The Bertz CT molecular complexity index is 433. The van der Waals surface area contributed by atoms with Gasteiger partial charge in [-0.2, -0.15) is 0 Å². The fourth-order valence-electron chi connectivity index (χ4n) is 2.36. The number of thioether (sulfide) groups is 1. The summed E-state index contributed by atoms with van der Waals surface area (Å²) in [6, 6.07) is -0.554. The van der Waals surface area contributed by atoms with Gasteiger partial charge in [-0.15, -0.1) is 0 Å². The molecule has 24 heavy (non-hydrogen) atoms. The van der Waals surface area contributed by atoms with E-state index in [0.717, 1.165) is 18.2 Å². The van der Waals surface area contributed by atoms with E-state index < -0.39 is 12.0 Å². The van der Waals surface area contributed by atoms with Crippen molar-refractivity contribution in [2.45, 2.75) is 45.1 Å². The van der Waals surface area contributed by atoms with Gasteiger partial charge in [0, 0.05) is 25.6 Å². The first-order valence-electron chi connectivity index (χ1n) is 7.82. The molecule has 9 nitrogen and oxygen atoms in total. The van der Waals surface area contributed by atoms with Gasteiger partial charge in [0.05, 0.1) is 18.6 Å². The predicted octanol–water partition coefficient (Wildman–Crippen LogP) is 0.983. The highest BCUT2D eigenvalue weighted by atomic mass is 32.2. The average Bonchev–Trinajstić information content (AvgIpc) is 2.99. The van der Waals surface area contributed by atoms with E-state index in [1.54, 1.807) is 0 Å². The van der Waals surface area contributed by atoms with Gasteiger partial charge < -0.3 is 9.64 Å². The average molecular weight is 364 g/mol. The zero-order chi connectivity index (χ0) is 17.9. The Kier molecular flexibility index (Phi) is 9.88. The molecule has 138 valence electrons. The summed E-state index contributed by atoms with van der Waals surface area (Å²) in [7, 11) is 0. The number of esters is 1. The van der Waals surface area contributed by atoms with Crippen LogP contribution in [0.15, 0.2) is 0 Å². The first-order chi connectivity index (χ1) is 11.4. The fourth-order valence-corrected chi connectivity index (χ4v) is 2.92. The highest BCUT2D eigenvalue weighted by Gasteiger charge is 2.34. The van der Waals surface area contributed by atoms with Gasteiger partial charge in [0.2, 0.25) is 5.91 Å². The molecular weight excluding hydrogens is 340 g/mol. The molecule has 0 unspecified atom stereocenters. The number of ether oxygens (including phenoxy) is 1. The number of rotatable bonds is 10. The summed E-state index contributed by atoms with van der Waals surface area (Å²) in [4.78, 5) is 41.0. The largest absolute Gasteiger partial charge is 0.464 e. The van der Waals surface area contributed by atoms with E-state index in [-0.39, 0.29) is 36.0 Å². The molecule has 0 saturated carbocycles. The standard InChI is InChI=1S/C14H24N2O7S/c1-11(17)24-10-6-13(18)15-7-4-5-12(15)14(19)22-8-2-3-9-23-16(20)21/h12,20-21H,2-10H2,1H3/t12-/m0/s1. The van der Waals surface area contributed by atoms with Gasteiger partial charge in [0.1, 0.15) is 6.04 Å². The monoisotopic (exact) mass is 364 g/mol. The van der Waals surface area contributed by atoms with Crippen LogP contribution in [0.1, 0.15) is 39.0 Å². The summed E-state index contributed by atoms with van der Waals surface area (Å²) in [6.07, 6.45) is 2.56. The smallest absolute Gasteiger partial charge is 0.328 e. The van der Waals surface area contributed by atoms with Crippen molar-refractivity contribution in [2.75, 3.05) is 25.5 Å². The molecule has 0 spiro atoms. The molecular formula is C14H24N2O7S. The molecule has 10 heteroatoms. The van der Waals surface area contributed by atoms with E-state index in [2.05, 4.69) is 4.84 Å². The van der Waals surface area contributed by atoms with E-state index in [9.17, 15) is 14.4 Å². The van der Waals surface area contributed by atoms with Gasteiger partial charge in [0.15, 0.2) is 5.12 Å². The van der Waals surface area contributed by atoms with Crippen molar-refractivity contribution in [3.8, 4) is 0 Å². The van der Waals surface area contributed by atoms with Gasteiger partial charge in [-0.3, -0.25) is 24.8 Å². The fraction of sp³-hybridized carbons (Fsp3) is 0.786. The first-order valence-corrected chi connectivity index (χ1v) is 8.80. The molecule has 1 rings (SSSR count). The van der Waals surface area contributed by atoms with Gasteiger partial charge >= 0.3 is 5.97 Å². The second-order valence-electron chi connectivity index (χ2n) is 5.30. The summed E-state index contributed by atoms with van der Waals surface area (Å²) in [5.41, 5.74) is 0. The molecule has 2 N–H and O–H groups in total. The summed E-state index contributed by atoms with van der Waals surface area (Å²) >= 11 is 1.10. The van der Waals surface area contributed by atoms with Crippen LogP contribution in [0.5, 0.6) is 0 Å². The molecule has 1 heterocycles. The number of amides is 1. The van der Waals surface area contributed by atoms with Crippen LogP contribution in [0.2, 0.25) is 0 Å². The van der Waals surface area contributed by atoms with E-state index in [1.807, 2.05) is 0 Å². The number of nitrogens with zero attached hydrogens (tertiary/aromatic N) is 2. The quantitative estimate of drug-likeness (QED) is 0.332. The van der Waals surface area contributed by atoms with Crippen LogP contribution < -0.4 is 0 Å². The Morgan fingerprint density at radius 3 is 2.62 bits per heavy atom. The molecule has 1 atom stereocenters. The van der Waals surface area contributed by atoms with Crippen LogP contribution >= 0.6 is 11.8 Å². The van der Waals surface area contributed by atoms with Crippen molar-refractivity contribution in [3.05, 3.63) is 0 Å². The Hall–Kier alpha value is -1.20. The molecule has 1 fully saturated rings. The Balaban J connectivity index is 2.26. The number of carbonyl (C=O) groups excluding carboxylic acids is 3. The van der Waals surface area contributed by atoms with Crippen LogP contribution in [0, 0.1) is 0 Å². The van der Waals surface area contributed by atoms with Crippen LogP contribution in [-0.2, 0) is 24.0 Å². The number of unbranched alkanes of at least 4 members (excludes halogenated alkanes) is 1. The Labute approximate surface area is 144 Å². The lowest BCUT2D eigenvalue weighted by molar-refractivity contribution is -0.492.